The zero-order valence-electron chi connectivity index (χ0n) is 18.4. The Morgan fingerprint density at radius 2 is 1.76 bits per heavy atom. The fourth-order valence-electron chi connectivity index (χ4n) is 4.17. The summed E-state index contributed by atoms with van der Waals surface area (Å²) < 4.78 is 1.99. The molecular formula is C25H23N5O2S2. The summed E-state index contributed by atoms with van der Waals surface area (Å²) in [5, 5.41) is 12.9. The molecule has 1 aliphatic rings. The Kier molecular flexibility index (Phi) is 6.46. The van der Waals surface area contributed by atoms with E-state index in [0.717, 1.165) is 46.8 Å². The van der Waals surface area contributed by atoms with Gasteiger partial charge in [0.05, 0.1) is 11.3 Å². The first-order valence-electron chi connectivity index (χ1n) is 11.0. The van der Waals surface area contributed by atoms with Gasteiger partial charge in [0.15, 0.2) is 5.16 Å². The van der Waals surface area contributed by atoms with Crippen LogP contribution in [0.2, 0.25) is 0 Å². The van der Waals surface area contributed by atoms with Crippen molar-refractivity contribution in [2.75, 3.05) is 11.1 Å². The predicted molar refractivity (Wildman–Crippen MR) is 135 cm³/mol. The van der Waals surface area contributed by atoms with E-state index < -0.39 is 5.91 Å². The number of nitrogens with one attached hydrogen (secondary N) is 1. The molecule has 0 saturated heterocycles. The summed E-state index contributed by atoms with van der Waals surface area (Å²) in [6.45, 7) is 0. The molecule has 172 valence electrons. The normalized spacial score (nSPS) is 12.5. The van der Waals surface area contributed by atoms with Gasteiger partial charge in [-0.1, -0.05) is 60.3 Å². The van der Waals surface area contributed by atoms with Gasteiger partial charge in [-0.3, -0.25) is 14.2 Å². The third-order valence-corrected chi connectivity index (χ3v) is 7.81. The number of nitrogens with zero attached hydrogens (tertiary/aromatic N) is 3. The van der Waals surface area contributed by atoms with Gasteiger partial charge in [0, 0.05) is 17.0 Å². The van der Waals surface area contributed by atoms with Crippen molar-refractivity contribution in [3.8, 4) is 5.69 Å². The third kappa shape index (κ3) is 4.62. The van der Waals surface area contributed by atoms with Crippen LogP contribution < -0.4 is 11.1 Å². The number of thioether (sulfide) groups is 1. The van der Waals surface area contributed by atoms with Gasteiger partial charge in [0.25, 0.3) is 5.91 Å². The standard InChI is InChI=1S/C25H23N5O2S2/c26-23(32)22-18-12-7-13-19(18)34-24(22)27-21(31)15-33-25-29-28-20(14-16-8-3-1-4-9-16)30(25)17-10-5-2-6-11-17/h1-6,8-11H,7,12-15H2,(H2,26,32)(H,27,31). The highest BCUT2D eigenvalue weighted by Crippen LogP contribution is 2.39. The lowest BCUT2D eigenvalue weighted by atomic mass is 10.1. The molecule has 0 spiro atoms. The summed E-state index contributed by atoms with van der Waals surface area (Å²) in [5.74, 6) is 0.235. The molecule has 2 aromatic heterocycles. The van der Waals surface area contributed by atoms with E-state index in [-0.39, 0.29) is 11.7 Å². The Balaban J connectivity index is 1.35. The van der Waals surface area contributed by atoms with Gasteiger partial charge < -0.3 is 11.1 Å². The number of rotatable bonds is 8. The summed E-state index contributed by atoms with van der Waals surface area (Å²) in [6, 6.07) is 20.0. The summed E-state index contributed by atoms with van der Waals surface area (Å²) in [6.07, 6.45) is 3.40. The Bertz CT molecular complexity index is 1330. The maximum absolute atomic E-state index is 12.8. The third-order valence-electron chi connectivity index (χ3n) is 5.67. The fourth-order valence-corrected chi connectivity index (χ4v) is 6.25. The van der Waals surface area contributed by atoms with E-state index in [2.05, 4.69) is 27.6 Å². The summed E-state index contributed by atoms with van der Waals surface area (Å²) in [4.78, 5) is 26.0. The Labute approximate surface area is 205 Å². The minimum atomic E-state index is -0.489. The molecule has 0 saturated carbocycles. The van der Waals surface area contributed by atoms with E-state index in [1.54, 1.807) is 0 Å². The molecule has 34 heavy (non-hydrogen) atoms. The number of aromatic nitrogens is 3. The molecule has 7 nitrogen and oxygen atoms in total. The Morgan fingerprint density at radius 1 is 1.03 bits per heavy atom. The summed E-state index contributed by atoms with van der Waals surface area (Å²) in [7, 11) is 0. The molecule has 0 atom stereocenters. The van der Waals surface area contributed by atoms with Crippen molar-refractivity contribution in [3.63, 3.8) is 0 Å². The molecule has 9 heteroatoms. The number of hydrogen-bond donors (Lipinski definition) is 2. The van der Waals surface area contributed by atoms with Crippen LogP contribution >= 0.6 is 23.1 Å². The minimum absolute atomic E-state index is 0.136. The smallest absolute Gasteiger partial charge is 0.251 e. The zero-order chi connectivity index (χ0) is 23.5. The molecular weight excluding hydrogens is 466 g/mol. The van der Waals surface area contributed by atoms with Crippen LogP contribution in [-0.4, -0.2) is 32.3 Å². The van der Waals surface area contributed by atoms with Crippen molar-refractivity contribution in [3.05, 3.63) is 88.1 Å². The predicted octanol–water partition coefficient (Wildman–Crippen LogP) is 4.24. The maximum atomic E-state index is 12.8. The van der Waals surface area contributed by atoms with Crippen LogP contribution in [0.3, 0.4) is 0 Å². The number of thiophene rings is 1. The monoisotopic (exact) mass is 489 g/mol. The van der Waals surface area contributed by atoms with Gasteiger partial charge >= 0.3 is 0 Å². The average Bonchev–Trinajstić information content (AvgIpc) is 3.53. The second-order valence-corrected chi connectivity index (χ2v) is 10.0. The number of para-hydroxylation sites is 1. The second-order valence-electron chi connectivity index (χ2n) is 7.99. The van der Waals surface area contributed by atoms with Gasteiger partial charge in [0.1, 0.15) is 10.8 Å². The van der Waals surface area contributed by atoms with E-state index in [1.165, 1.54) is 23.1 Å². The van der Waals surface area contributed by atoms with Crippen molar-refractivity contribution < 1.29 is 9.59 Å². The molecule has 4 aromatic rings. The number of benzene rings is 2. The molecule has 0 aliphatic heterocycles. The number of amides is 2. The first kappa shape index (κ1) is 22.4. The van der Waals surface area contributed by atoms with Crippen molar-refractivity contribution in [1.82, 2.24) is 14.8 Å². The summed E-state index contributed by atoms with van der Waals surface area (Å²) in [5.41, 5.74) is 9.14. The van der Waals surface area contributed by atoms with Crippen LogP contribution in [0, 0.1) is 0 Å². The molecule has 1 aliphatic carbocycles. The zero-order valence-corrected chi connectivity index (χ0v) is 20.0. The van der Waals surface area contributed by atoms with Crippen LogP contribution in [-0.2, 0) is 24.1 Å². The molecule has 3 N–H and O–H groups in total. The van der Waals surface area contributed by atoms with Crippen LogP contribution in [0.1, 0.15) is 38.6 Å². The molecule has 2 heterocycles. The molecule has 0 bridgehead atoms. The first-order chi connectivity index (χ1) is 16.6. The minimum Gasteiger partial charge on any atom is -0.365 e. The number of fused-ring (bicyclic) bond motifs is 1. The van der Waals surface area contributed by atoms with E-state index in [9.17, 15) is 9.59 Å². The first-order valence-corrected chi connectivity index (χ1v) is 12.8. The molecule has 0 radical (unpaired) electrons. The molecule has 0 unspecified atom stereocenters. The number of anilines is 1. The number of carbonyl (C=O) groups excluding carboxylic acids is 2. The number of carbonyl (C=O) groups is 2. The summed E-state index contributed by atoms with van der Waals surface area (Å²) >= 11 is 2.77. The fraction of sp³-hybridized carbons (Fsp3) is 0.200. The maximum Gasteiger partial charge on any atom is 0.251 e. The largest absolute Gasteiger partial charge is 0.365 e. The quantitative estimate of drug-likeness (QED) is 0.361. The molecule has 2 amide bonds. The van der Waals surface area contributed by atoms with Gasteiger partial charge in [-0.05, 0) is 42.5 Å². The topological polar surface area (TPSA) is 103 Å². The van der Waals surface area contributed by atoms with Crippen LogP contribution in [0.5, 0.6) is 0 Å². The second kappa shape index (κ2) is 9.82. The highest BCUT2D eigenvalue weighted by atomic mass is 32.2. The Morgan fingerprint density at radius 3 is 2.50 bits per heavy atom. The lowest BCUT2D eigenvalue weighted by Crippen LogP contribution is -2.19. The van der Waals surface area contributed by atoms with E-state index >= 15 is 0 Å². The van der Waals surface area contributed by atoms with E-state index in [1.807, 2.05) is 53.1 Å². The average molecular weight is 490 g/mol. The van der Waals surface area contributed by atoms with Crippen molar-refractivity contribution in [2.45, 2.75) is 30.8 Å². The van der Waals surface area contributed by atoms with Gasteiger partial charge in [-0.2, -0.15) is 0 Å². The number of primary amides is 1. The molecule has 0 fully saturated rings. The van der Waals surface area contributed by atoms with Gasteiger partial charge in [-0.15, -0.1) is 21.5 Å². The number of aryl methyl sites for hydroxylation is 1. The van der Waals surface area contributed by atoms with Crippen LogP contribution in [0.4, 0.5) is 5.00 Å². The SMILES string of the molecule is NC(=O)c1c(NC(=O)CSc2nnc(Cc3ccccc3)n2-c2ccccc2)sc2c1CCC2. The van der Waals surface area contributed by atoms with E-state index in [4.69, 9.17) is 5.73 Å². The number of nitrogens with two attached hydrogens (primary N) is 1. The lowest BCUT2D eigenvalue weighted by molar-refractivity contribution is -0.113. The van der Waals surface area contributed by atoms with Gasteiger partial charge in [-0.25, -0.2) is 0 Å². The highest BCUT2D eigenvalue weighted by Gasteiger charge is 2.26. The van der Waals surface area contributed by atoms with E-state index in [0.29, 0.717) is 22.1 Å². The van der Waals surface area contributed by atoms with Crippen molar-refractivity contribution in [1.29, 1.82) is 0 Å². The van der Waals surface area contributed by atoms with Crippen LogP contribution in [0.25, 0.3) is 5.69 Å². The van der Waals surface area contributed by atoms with Crippen LogP contribution in [0.15, 0.2) is 65.8 Å². The lowest BCUT2D eigenvalue weighted by Gasteiger charge is -2.10. The number of hydrogen-bond acceptors (Lipinski definition) is 6. The van der Waals surface area contributed by atoms with Crippen molar-refractivity contribution >= 4 is 39.9 Å². The van der Waals surface area contributed by atoms with Gasteiger partial charge in [0.2, 0.25) is 5.91 Å². The van der Waals surface area contributed by atoms with Crippen molar-refractivity contribution in [2.24, 2.45) is 5.73 Å². The highest BCUT2D eigenvalue weighted by molar-refractivity contribution is 7.99. The molecule has 2 aromatic carbocycles. The Hall–Kier alpha value is -3.43. The molecule has 5 rings (SSSR count).